The van der Waals surface area contributed by atoms with E-state index in [0.717, 1.165) is 61.2 Å². The molecule has 2 N–H and O–H groups in total. The van der Waals surface area contributed by atoms with Gasteiger partial charge in [0.25, 0.3) is 11.8 Å². The van der Waals surface area contributed by atoms with Gasteiger partial charge in [-0.3, -0.25) is 9.59 Å². The van der Waals surface area contributed by atoms with Crippen LogP contribution in [0.3, 0.4) is 0 Å². The number of allylic oxidation sites excluding steroid dienone is 6. The second-order valence-corrected chi connectivity index (χ2v) is 16.1. The molecule has 4 aromatic rings. The van der Waals surface area contributed by atoms with Crippen molar-refractivity contribution >= 4 is 34.3 Å². The van der Waals surface area contributed by atoms with Gasteiger partial charge < -0.3 is 24.8 Å². The number of benzene rings is 2. The molecule has 2 aromatic heterocycles. The number of methoxy groups -OCH3 is 2. The van der Waals surface area contributed by atoms with Gasteiger partial charge in [-0.25, -0.2) is 20.0 Å². The molecule has 1 saturated heterocycles. The van der Waals surface area contributed by atoms with E-state index >= 15 is 0 Å². The van der Waals surface area contributed by atoms with Gasteiger partial charge in [-0.15, -0.1) is 0 Å². The van der Waals surface area contributed by atoms with Crippen molar-refractivity contribution in [1.29, 1.82) is 0 Å². The van der Waals surface area contributed by atoms with Crippen LogP contribution in [0.5, 0.6) is 11.5 Å². The van der Waals surface area contributed by atoms with E-state index in [4.69, 9.17) is 19.2 Å². The van der Waals surface area contributed by atoms with Crippen LogP contribution in [-0.4, -0.2) is 55.4 Å². The first kappa shape index (κ1) is 47.4. The van der Waals surface area contributed by atoms with Crippen molar-refractivity contribution in [3.05, 3.63) is 152 Å². The van der Waals surface area contributed by atoms with Crippen LogP contribution in [0.2, 0.25) is 0 Å². The van der Waals surface area contributed by atoms with E-state index in [2.05, 4.69) is 37.7 Å². The highest BCUT2D eigenvalue weighted by molar-refractivity contribution is 6.05. The molecule has 0 spiro atoms. The second kappa shape index (κ2) is 18.9. The molecule has 1 fully saturated rings. The van der Waals surface area contributed by atoms with Crippen molar-refractivity contribution in [1.82, 2.24) is 9.97 Å². The summed E-state index contributed by atoms with van der Waals surface area (Å²) >= 11 is 0. The van der Waals surface area contributed by atoms with Crippen LogP contribution in [0, 0.1) is 17.8 Å². The second-order valence-electron chi connectivity index (χ2n) is 16.1. The number of nitrogens with zero attached hydrogens (tertiary/aromatic N) is 4. The average Bonchev–Trinajstić information content (AvgIpc) is 3.85. The number of rotatable bonds is 11. The van der Waals surface area contributed by atoms with Crippen molar-refractivity contribution in [3.63, 3.8) is 0 Å². The van der Waals surface area contributed by atoms with Crippen LogP contribution in [0.15, 0.2) is 118 Å². The molecule has 9 rings (SSSR count). The lowest BCUT2D eigenvalue weighted by atomic mass is 9.88. The van der Waals surface area contributed by atoms with Crippen LogP contribution >= 0.6 is 0 Å². The summed E-state index contributed by atoms with van der Waals surface area (Å²) in [5.41, 5.74) is 0.245. The molecular weight excluding hydrogens is 912 g/mol. The molecule has 354 valence electrons. The van der Waals surface area contributed by atoms with Gasteiger partial charge in [0, 0.05) is 33.9 Å². The largest absolute Gasteiger partial charge is 0.495 e. The Hall–Kier alpha value is -7.09. The maximum Gasteiger partial charge on any atom is 0.433 e. The number of nitrogens with one attached hydrogen (secondary N) is 2. The standard InChI is InChI=1S/C24H19F6N3O2.C24H20F3N3O3/c1-35-18-10-9-15-20(14-8-7-13(12-17(14)31-15)4-3-11-23(25,26)27)21(18)33-22(34)16-5-2-6-19(32-16)24(28,29)30;1-32-19-8-7-16-21(15-6-5-13(10-18(15)28-16)9-14-11-33-12-14)22(19)30-23(31)17-3-2-4-20(29-17)24(25,26)27/h2,5-10,12-13H,3-4,11H2,1H3,(H,33,34);2-8,10,13-14H,9,11-12H2,1H3,(H,30,31). The van der Waals surface area contributed by atoms with Gasteiger partial charge in [0.15, 0.2) is 0 Å². The SMILES string of the molecule is COc1ccc2c(c1NC(=O)c1cccc(C(F)(F)F)n1)=C1C=CC(CC3COC3)C=C1N=2.COc1ccc2c(c1NC(=O)c1cccc(C(F)(F)F)n1)=C1C=CC(CCCC(F)(F)F)C=C1N=2. The maximum absolute atomic E-state index is 13.0. The topological polar surface area (TPSA) is 136 Å². The molecule has 5 heterocycles. The summed E-state index contributed by atoms with van der Waals surface area (Å²) in [4.78, 5) is 41.8. The summed E-state index contributed by atoms with van der Waals surface area (Å²) in [6, 6.07) is 12.9. The summed E-state index contributed by atoms with van der Waals surface area (Å²) in [6.45, 7) is 1.55. The summed E-state index contributed by atoms with van der Waals surface area (Å²) in [7, 11) is 2.83. The van der Waals surface area contributed by atoms with Crippen molar-refractivity contribution < 1.29 is 63.3 Å². The first-order valence-corrected chi connectivity index (χ1v) is 21.1. The molecule has 2 amide bonds. The highest BCUT2D eigenvalue weighted by atomic mass is 19.4. The Bertz CT molecular complexity index is 3060. The zero-order valence-corrected chi connectivity index (χ0v) is 35.9. The predicted octanol–water partition coefficient (Wildman–Crippen LogP) is 8.20. The van der Waals surface area contributed by atoms with Crippen LogP contribution in [0.4, 0.5) is 50.9 Å². The van der Waals surface area contributed by atoms with Crippen molar-refractivity contribution in [2.75, 3.05) is 38.1 Å². The Kier molecular flexibility index (Phi) is 13.2. The zero-order chi connectivity index (χ0) is 48.5. The molecular formula is C48H39F9N6O5. The molecule has 20 heteroatoms. The molecule has 2 atom stereocenters. The summed E-state index contributed by atoms with van der Waals surface area (Å²) < 4.78 is 132. The Morgan fingerprint density at radius 1 is 0.662 bits per heavy atom. The lowest BCUT2D eigenvalue weighted by Gasteiger charge is -2.28. The Morgan fingerprint density at radius 2 is 1.13 bits per heavy atom. The molecule has 2 aromatic carbocycles. The third-order valence-electron chi connectivity index (χ3n) is 11.4. The predicted molar refractivity (Wildman–Crippen MR) is 229 cm³/mol. The number of anilines is 2. The van der Waals surface area contributed by atoms with E-state index in [1.165, 1.54) is 20.3 Å². The van der Waals surface area contributed by atoms with E-state index in [9.17, 15) is 49.1 Å². The van der Waals surface area contributed by atoms with Crippen LogP contribution < -0.4 is 41.3 Å². The van der Waals surface area contributed by atoms with Gasteiger partial charge in [0.2, 0.25) is 0 Å². The molecule has 3 aliphatic heterocycles. The monoisotopic (exact) mass is 950 g/mol. The van der Waals surface area contributed by atoms with E-state index in [1.54, 1.807) is 42.5 Å². The van der Waals surface area contributed by atoms with Gasteiger partial charge >= 0.3 is 18.5 Å². The van der Waals surface area contributed by atoms with Gasteiger partial charge in [0.1, 0.15) is 34.3 Å². The minimum atomic E-state index is -4.71. The number of carbonyl (C=O) groups excluding carboxylic acids is 2. The van der Waals surface area contributed by atoms with E-state index in [1.807, 2.05) is 6.08 Å². The fraction of sp³-hybridized carbons (Fsp3) is 0.292. The lowest BCUT2D eigenvalue weighted by Crippen LogP contribution is -2.30. The highest BCUT2D eigenvalue weighted by Gasteiger charge is 2.35. The number of carbonyl (C=O) groups is 2. The number of ether oxygens (including phenoxy) is 3. The van der Waals surface area contributed by atoms with E-state index in [-0.39, 0.29) is 35.4 Å². The number of aromatic nitrogens is 2. The van der Waals surface area contributed by atoms with E-state index in [0.29, 0.717) is 56.2 Å². The fourth-order valence-corrected chi connectivity index (χ4v) is 8.11. The third kappa shape index (κ3) is 10.4. The quantitative estimate of drug-likeness (QED) is 0.145. The number of fused-ring (bicyclic) bond motifs is 4. The molecule has 68 heavy (non-hydrogen) atoms. The number of pyridine rings is 2. The fourth-order valence-electron chi connectivity index (χ4n) is 8.11. The van der Waals surface area contributed by atoms with Crippen LogP contribution in [-0.2, 0) is 17.1 Å². The third-order valence-corrected chi connectivity index (χ3v) is 11.4. The van der Waals surface area contributed by atoms with Crippen LogP contribution in [0.1, 0.15) is 58.0 Å². The van der Waals surface area contributed by atoms with E-state index < -0.39 is 53.8 Å². The molecule has 11 nitrogen and oxygen atoms in total. The van der Waals surface area contributed by atoms with Gasteiger partial charge in [-0.05, 0) is 79.6 Å². The maximum atomic E-state index is 13.0. The van der Waals surface area contributed by atoms with Gasteiger partial charge in [-0.1, -0.05) is 48.6 Å². The lowest BCUT2D eigenvalue weighted by molar-refractivity contribution is -0.142. The first-order valence-electron chi connectivity index (χ1n) is 21.1. The van der Waals surface area contributed by atoms with Crippen LogP contribution in [0.25, 0.3) is 11.1 Å². The number of hydrogen-bond acceptors (Lipinski definition) is 9. The smallest absolute Gasteiger partial charge is 0.433 e. The molecule has 0 radical (unpaired) electrons. The summed E-state index contributed by atoms with van der Waals surface area (Å²) in [5.74, 6) is -0.460. The summed E-state index contributed by atoms with van der Waals surface area (Å²) in [5, 5.41) is 7.60. The minimum Gasteiger partial charge on any atom is -0.495 e. The molecule has 5 aliphatic rings. The summed E-state index contributed by atoms with van der Waals surface area (Å²) in [6.07, 6.45) is -1.76. The number of alkyl halides is 9. The molecule has 0 saturated carbocycles. The van der Waals surface area contributed by atoms with Crippen molar-refractivity contribution in [2.24, 2.45) is 27.7 Å². The zero-order valence-electron chi connectivity index (χ0n) is 35.9. The Morgan fingerprint density at radius 3 is 1.56 bits per heavy atom. The Balaban J connectivity index is 0.000000184. The van der Waals surface area contributed by atoms with Crippen molar-refractivity contribution in [2.45, 2.75) is 44.2 Å². The van der Waals surface area contributed by atoms with Gasteiger partial charge in [-0.2, -0.15) is 39.5 Å². The number of hydrogen-bond donors (Lipinski definition) is 2. The Labute approximate surface area is 380 Å². The van der Waals surface area contributed by atoms with Gasteiger partial charge in [0.05, 0.1) is 60.9 Å². The number of halogens is 9. The number of amides is 2. The minimum absolute atomic E-state index is 0.0241. The molecule has 2 aliphatic carbocycles. The van der Waals surface area contributed by atoms with Crippen molar-refractivity contribution in [3.8, 4) is 11.5 Å². The average molecular weight is 951 g/mol. The molecule has 0 bridgehead atoms. The normalized spacial score (nSPS) is 18.0. The first-order chi connectivity index (χ1) is 32.3. The highest BCUT2D eigenvalue weighted by Crippen LogP contribution is 2.35. The molecule has 2 unspecified atom stereocenters.